The Balaban J connectivity index is 1.77. The van der Waals surface area contributed by atoms with E-state index in [0.717, 1.165) is 17.0 Å². The molecule has 0 saturated heterocycles. The van der Waals surface area contributed by atoms with Gasteiger partial charge in [-0.05, 0) is 55.8 Å². The Morgan fingerprint density at radius 2 is 1.73 bits per heavy atom. The molecule has 7 nitrogen and oxygen atoms in total. The van der Waals surface area contributed by atoms with Crippen LogP contribution in [0.3, 0.4) is 0 Å². The van der Waals surface area contributed by atoms with Crippen LogP contribution in [0, 0.1) is 5.82 Å². The lowest BCUT2D eigenvalue weighted by Gasteiger charge is -2.29. The van der Waals surface area contributed by atoms with Gasteiger partial charge in [0.05, 0.1) is 41.8 Å². The highest BCUT2D eigenvalue weighted by Crippen LogP contribution is 2.47. The van der Waals surface area contributed by atoms with Crippen LogP contribution < -0.4 is 14.4 Å². The lowest BCUT2D eigenvalue weighted by molar-refractivity contribution is 0.0993. The van der Waals surface area contributed by atoms with Gasteiger partial charge in [0.1, 0.15) is 11.9 Å². The first-order valence-corrected chi connectivity index (χ1v) is 12.2. The zero-order valence-electron chi connectivity index (χ0n) is 20.5. The summed E-state index contributed by atoms with van der Waals surface area (Å²) in [5.41, 5.74) is 3.93. The summed E-state index contributed by atoms with van der Waals surface area (Å²) >= 11 is 12.3. The van der Waals surface area contributed by atoms with Crippen LogP contribution in [0.15, 0.2) is 54.7 Å². The number of hydrogen-bond acceptors (Lipinski definition) is 5. The smallest absolute Gasteiger partial charge is 0.319 e. The molecule has 5 rings (SSSR count). The van der Waals surface area contributed by atoms with E-state index in [9.17, 15) is 9.18 Å². The van der Waals surface area contributed by atoms with Crippen LogP contribution in [0.25, 0.3) is 11.3 Å². The molecule has 0 radical (unpaired) electrons. The number of halogens is 3. The number of nitrogens with zero attached hydrogens (tertiary/aromatic N) is 4. The van der Waals surface area contributed by atoms with Crippen molar-refractivity contribution >= 4 is 34.8 Å². The summed E-state index contributed by atoms with van der Waals surface area (Å²) in [4.78, 5) is 24.2. The fourth-order valence-electron chi connectivity index (χ4n) is 4.76. The molecule has 4 aromatic rings. The molecule has 190 valence electrons. The topological polar surface area (TPSA) is 69.5 Å². The van der Waals surface area contributed by atoms with Crippen LogP contribution in [0.2, 0.25) is 10.0 Å². The number of carbonyl (C=O) groups excluding carboxylic acids is 1. The van der Waals surface area contributed by atoms with Gasteiger partial charge in [0.15, 0.2) is 0 Å². The zero-order chi connectivity index (χ0) is 26.4. The van der Waals surface area contributed by atoms with Crippen molar-refractivity contribution in [2.45, 2.75) is 25.9 Å². The second-order valence-corrected chi connectivity index (χ2v) is 9.64. The Labute approximate surface area is 223 Å². The highest BCUT2D eigenvalue weighted by molar-refractivity contribution is 6.31. The van der Waals surface area contributed by atoms with Gasteiger partial charge in [0.2, 0.25) is 5.88 Å². The Kier molecular flexibility index (Phi) is 6.56. The average molecular weight is 541 g/mol. The molecule has 3 heterocycles. The van der Waals surface area contributed by atoms with Crippen molar-refractivity contribution in [3.05, 3.63) is 87.4 Å². The first-order chi connectivity index (χ1) is 17.7. The SMILES string of the molecule is COc1ncc(-c2cc3c(n2C(C)C)C(c2ccc(Cl)cc2)N(c2ccc(F)c(Cl)c2)C3=O)c(OC)n1. The van der Waals surface area contributed by atoms with Gasteiger partial charge in [-0.2, -0.15) is 4.98 Å². The van der Waals surface area contributed by atoms with Crippen molar-refractivity contribution in [3.63, 3.8) is 0 Å². The highest BCUT2D eigenvalue weighted by atomic mass is 35.5. The van der Waals surface area contributed by atoms with Gasteiger partial charge in [-0.1, -0.05) is 35.3 Å². The highest BCUT2D eigenvalue weighted by Gasteiger charge is 2.43. The van der Waals surface area contributed by atoms with E-state index in [1.165, 1.54) is 26.4 Å². The predicted octanol–water partition coefficient (Wildman–Crippen LogP) is 6.74. The molecule has 1 atom stereocenters. The van der Waals surface area contributed by atoms with Crippen LogP contribution in [-0.2, 0) is 0 Å². The van der Waals surface area contributed by atoms with Crippen LogP contribution in [0.4, 0.5) is 10.1 Å². The molecule has 1 amide bonds. The number of anilines is 1. The third-order valence-corrected chi connectivity index (χ3v) is 6.85. The normalized spacial score (nSPS) is 14.9. The Hall–Kier alpha value is -3.62. The molecule has 1 aliphatic heterocycles. The van der Waals surface area contributed by atoms with E-state index in [-0.39, 0.29) is 23.0 Å². The van der Waals surface area contributed by atoms with Gasteiger partial charge in [0, 0.05) is 22.9 Å². The van der Waals surface area contributed by atoms with Gasteiger partial charge in [-0.25, -0.2) is 9.37 Å². The molecular weight excluding hydrogens is 518 g/mol. The minimum absolute atomic E-state index is 0.0510. The summed E-state index contributed by atoms with van der Waals surface area (Å²) in [6.45, 7) is 4.06. The van der Waals surface area contributed by atoms with E-state index in [1.54, 1.807) is 29.3 Å². The number of aromatic nitrogens is 3. The molecule has 37 heavy (non-hydrogen) atoms. The number of amides is 1. The lowest BCUT2D eigenvalue weighted by atomic mass is 10.0. The van der Waals surface area contributed by atoms with Gasteiger partial charge in [-0.15, -0.1) is 0 Å². The minimum atomic E-state index is -0.557. The number of fused-ring (bicyclic) bond motifs is 1. The number of hydrogen-bond donors (Lipinski definition) is 0. The maximum atomic E-state index is 14.0. The van der Waals surface area contributed by atoms with Crippen molar-refractivity contribution in [1.29, 1.82) is 0 Å². The first-order valence-electron chi connectivity index (χ1n) is 11.5. The van der Waals surface area contributed by atoms with Crippen molar-refractivity contribution in [2.24, 2.45) is 0 Å². The quantitative estimate of drug-likeness (QED) is 0.271. The lowest BCUT2D eigenvalue weighted by Crippen LogP contribution is -2.30. The third kappa shape index (κ3) is 4.20. The van der Waals surface area contributed by atoms with Crippen molar-refractivity contribution in [1.82, 2.24) is 14.5 Å². The van der Waals surface area contributed by atoms with Gasteiger partial charge in [-0.3, -0.25) is 9.69 Å². The summed E-state index contributed by atoms with van der Waals surface area (Å²) in [6.07, 6.45) is 1.62. The Bertz CT molecular complexity index is 1500. The fourth-order valence-corrected chi connectivity index (χ4v) is 5.06. The standard InChI is InChI=1S/C27H23Cl2FN4O3/c1-14(2)33-22(19-13-31-27(37-4)32-25(19)36-3)12-18-24(33)23(15-5-7-16(28)8-6-15)34(26(18)35)17-9-10-21(30)20(29)11-17/h5-14,23H,1-4H3. The molecule has 2 aromatic carbocycles. The molecule has 0 saturated carbocycles. The van der Waals surface area contributed by atoms with Crippen LogP contribution >= 0.6 is 23.2 Å². The average Bonchev–Trinajstić information content (AvgIpc) is 3.41. The van der Waals surface area contributed by atoms with E-state index in [2.05, 4.69) is 14.5 Å². The van der Waals surface area contributed by atoms with E-state index in [0.29, 0.717) is 27.7 Å². The summed E-state index contributed by atoms with van der Waals surface area (Å²) in [5, 5.41) is 0.508. The maximum absolute atomic E-state index is 14.0. The summed E-state index contributed by atoms with van der Waals surface area (Å²) in [7, 11) is 2.99. The zero-order valence-corrected chi connectivity index (χ0v) is 22.0. The number of carbonyl (C=O) groups is 1. The Morgan fingerprint density at radius 3 is 2.35 bits per heavy atom. The summed E-state index contributed by atoms with van der Waals surface area (Å²) in [6, 6.07) is 13.0. The molecule has 0 aliphatic carbocycles. The van der Waals surface area contributed by atoms with Crippen LogP contribution in [0.5, 0.6) is 11.9 Å². The van der Waals surface area contributed by atoms with Crippen molar-refractivity contribution < 1.29 is 18.7 Å². The summed E-state index contributed by atoms with van der Waals surface area (Å²) in [5.74, 6) is -0.479. The molecule has 1 aliphatic rings. The molecule has 1 unspecified atom stereocenters. The first kappa shape index (κ1) is 25.0. The minimum Gasteiger partial charge on any atom is -0.480 e. The molecule has 10 heteroatoms. The molecule has 0 bridgehead atoms. The molecule has 0 N–H and O–H groups in total. The molecule has 2 aromatic heterocycles. The largest absolute Gasteiger partial charge is 0.480 e. The number of ether oxygens (including phenoxy) is 2. The maximum Gasteiger partial charge on any atom is 0.319 e. The van der Waals surface area contributed by atoms with Gasteiger partial charge in [0.25, 0.3) is 5.91 Å². The van der Waals surface area contributed by atoms with Gasteiger partial charge < -0.3 is 14.0 Å². The second kappa shape index (κ2) is 9.68. The third-order valence-electron chi connectivity index (χ3n) is 6.31. The predicted molar refractivity (Wildman–Crippen MR) is 140 cm³/mol. The van der Waals surface area contributed by atoms with E-state index >= 15 is 0 Å². The van der Waals surface area contributed by atoms with Crippen molar-refractivity contribution in [3.8, 4) is 23.1 Å². The van der Waals surface area contributed by atoms with Gasteiger partial charge >= 0.3 is 6.01 Å². The van der Waals surface area contributed by atoms with Crippen molar-refractivity contribution in [2.75, 3.05) is 19.1 Å². The van der Waals surface area contributed by atoms with Crippen LogP contribution in [0.1, 0.15) is 47.5 Å². The second-order valence-electron chi connectivity index (χ2n) is 8.80. The van der Waals surface area contributed by atoms with E-state index in [1.807, 2.05) is 32.0 Å². The Morgan fingerprint density at radius 1 is 1.00 bits per heavy atom. The number of benzene rings is 2. The molecular formula is C27H23Cl2FN4O3. The fraction of sp³-hybridized carbons (Fsp3) is 0.222. The van der Waals surface area contributed by atoms with E-state index < -0.39 is 11.9 Å². The molecule has 0 fully saturated rings. The number of rotatable bonds is 6. The number of methoxy groups -OCH3 is 2. The van der Waals surface area contributed by atoms with Crippen LogP contribution in [-0.4, -0.2) is 34.7 Å². The van der Waals surface area contributed by atoms with E-state index in [4.69, 9.17) is 32.7 Å². The molecule has 0 spiro atoms. The summed E-state index contributed by atoms with van der Waals surface area (Å²) < 4.78 is 26.8. The monoisotopic (exact) mass is 540 g/mol.